The summed E-state index contributed by atoms with van der Waals surface area (Å²) in [5.74, 6) is -0.772. The van der Waals surface area contributed by atoms with Crippen LogP contribution in [0.15, 0.2) is 24.9 Å². The number of aromatic nitrogens is 2. The van der Waals surface area contributed by atoms with Crippen molar-refractivity contribution in [3.8, 4) is 0 Å². The van der Waals surface area contributed by atoms with Crippen molar-refractivity contribution in [1.29, 1.82) is 0 Å². The lowest BCUT2D eigenvalue weighted by Gasteiger charge is -2.10. The molecule has 2 N–H and O–H groups in total. The highest BCUT2D eigenvalue weighted by atomic mass is 16.4. The second-order valence-corrected chi connectivity index (χ2v) is 2.77. The molecule has 1 rings (SSSR count). The van der Waals surface area contributed by atoms with Gasteiger partial charge < -0.3 is 10.4 Å². The van der Waals surface area contributed by atoms with E-state index in [0.29, 0.717) is 0 Å². The van der Waals surface area contributed by atoms with Crippen molar-refractivity contribution in [3.63, 3.8) is 0 Å². The average Bonchev–Trinajstić information content (AvgIpc) is 2.18. The van der Waals surface area contributed by atoms with Crippen LogP contribution in [0.25, 0.3) is 0 Å². The molecule has 1 aromatic rings. The zero-order chi connectivity index (χ0) is 10.6. The van der Waals surface area contributed by atoms with Gasteiger partial charge in [-0.2, -0.15) is 5.10 Å². The molecule has 1 heterocycles. The van der Waals surface area contributed by atoms with Crippen LogP contribution in [-0.2, 0) is 0 Å². The van der Waals surface area contributed by atoms with E-state index in [1.807, 2.05) is 6.92 Å². The summed E-state index contributed by atoms with van der Waals surface area (Å²) in [4.78, 5) is 10.8. The van der Waals surface area contributed by atoms with Gasteiger partial charge in [-0.25, -0.2) is 4.79 Å². The minimum atomic E-state index is -1.03. The third-order valence-corrected chi connectivity index (χ3v) is 1.67. The van der Waals surface area contributed by atoms with Crippen LogP contribution < -0.4 is 5.32 Å². The van der Waals surface area contributed by atoms with E-state index in [9.17, 15) is 4.79 Å². The van der Waals surface area contributed by atoms with Crippen LogP contribution in [0.2, 0.25) is 0 Å². The van der Waals surface area contributed by atoms with E-state index in [4.69, 9.17) is 5.11 Å². The first kappa shape index (κ1) is 10.2. The Kier molecular flexibility index (Phi) is 3.17. The van der Waals surface area contributed by atoms with Crippen molar-refractivity contribution in [1.82, 2.24) is 10.2 Å². The largest absolute Gasteiger partial charge is 0.478 e. The number of nitrogens with zero attached hydrogens (tertiary/aromatic N) is 2. The normalized spacial score (nSPS) is 11.8. The Morgan fingerprint density at radius 3 is 3.07 bits per heavy atom. The molecule has 74 valence electrons. The van der Waals surface area contributed by atoms with E-state index in [1.165, 1.54) is 12.3 Å². The van der Waals surface area contributed by atoms with Gasteiger partial charge in [-0.05, 0) is 13.0 Å². The highest BCUT2D eigenvalue weighted by molar-refractivity contribution is 5.92. The predicted molar refractivity (Wildman–Crippen MR) is 52.3 cm³/mol. The molecule has 14 heavy (non-hydrogen) atoms. The molecule has 0 amide bonds. The van der Waals surface area contributed by atoms with Crippen molar-refractivity contribution in [2.45, 2.75) is 13.0 Å². The molecule has 0 aromatic carbocycles. The number of carboxylic acids is 1. The first-order valence-electron chi connectivity index (χ1n) is 4.09. The average molecular weight is 193 g/mol. The SMILES string of the molecule is C=CC(C)Nc1nnccc1C(=O)O. The van der Waals surface area contributed by atoms with Crippen molar-refractivity contribution < 1.29 is 9.90 Å². The van der Waals surface area contributed by atoms with E-state index < -0.39 is 5.97 Å². The molecule has 1 unspecified atom stereocenters. The molecule has 0 aliphatic carbocycles. The number of aromatic carboxylic acids is 1. The van der Waals surface area contributed by atoms with Gasteiger partial charge in [-0.3, -0.25) is 0 Å². The molecule has 0 radical (unpaired) electrons. The first-order valence-corrected chi connectivity index (χ1v) is 4.09. The maximum atomic E-state index is 10.8. The third-order valence-electron chi connectivity index (χ3n) is 1.67. The lowest BCUT2D eigenvalue weighted by molar-refractivity contribution is 0.0697. The number of anilines is 1. The summed E-state index contributed by atoms with van der Waals surface area (Å²) in [5, 5.41) is 19.0. The summed E-state index contributed by atoms with van der Waals surface area (Å²) in [5.41, 5.74) is 0.105. The van der Waals surface area contributed by atoms with E-state index in [2.05, 4.69) is 22.1 Å². The molecular formula is C9H11N3O2. The lowest BCUT2D eigenvalue weighted by atomic mass is 10.2. The monoisotopic (exact) mass is 193 g/mol. The molecule has 0 aliphatic rings. The highest BCUT2D eigenvalue weighted by Gasteiger charge is 2.11. The molecule has 0 bridgehead atoms. The van der Waals surface area contributed by atoms with Crippen molar-refractivity contribution in [2.24, 2.45) is 0 Å². The maximum Gasteiger partial charge on any atom is 0.339 e. The Bertz CT molecular complexity index is 352. The summed E-state index contributed by atoms with van der Waals surface area (Å²) in [6, 6.07) is 1.35. The molecule has 0 aliphatic heterocycles. The van der Waals surface area contributed by atoms with E-state index in [1.54, 1.807) is 6.08 Å². The molecule has 0 saturated carbocycles. The maximum absolute atomic E-state index is 10.8. The Morgan fingerprint density at radius 1 is 1.79 bits per heavy atom. The third kappa shape index (κ3) is 2.29. The van der Waals surface area contributed by atoms with Crippen LogP contribution in [0.5, 0.6) is 0 Å². The summed E-state index contributed by atoms with van der Waals surface area (Å²) in [7, 11) is 0. The van der Waals surface area contributed by atoms with Crippen LogP contribution in [-0.4, -0.2) is 27.3 Å². The van der Waals surface area contributed by atoms with Gasteiger partial charge in [0.05, 0.1) is 6.20 Å². The second-order valence-electron chi connectivity index (χ2n) is 2.77. The molecule has 0 fully saturated rings. The molecule has 5 nitrogen and oxygen atoms in total. The van der Waals surface area contributed by atoms with Crippen LogP contribution in [0.4, 0.5) is 5.82 Å². The van der Waals surface area contributed by atoms with E-state index in [-0.39, 0.29) is 17.4 Å². The molecule has 5 heteroatoms. The van der Waals surface area contributed by atoms with Crippen LogP contribution >= 0.6 is 0 Å². The van der Waals surface area contributed by atoms with Gasteiger partial charge in [0.2, 0.25) is 0 Å². The van der Waals surface area contributed by atoms with Crippen molar-refractivity contribution >= 4 is 11.8 Å². The number of hydrogen-bond acceptors (Lipinski definition) is 4. The van der Waals surface area contributed by atoms with Crippen LogP contribution in [0.1, 0.15) is 17.3 Å². The van der Waals surface area contributed by atoms with Crippen LogP contribution in [0, 0.1) is 0 Å². The molecule has 0 saturated heterocycles. The molecule has 1 aromatic heterocycles. The van der Waals surface area contributed by atoms with Gasteiger partial charge >= 0.3 is 5.97 Å². The minimum Gasteiger partial charge on any atom is -0.478 e. The molecule has 1 atom stereocenters. The number of carbonyl (C=O) groups is 1. The van der Waals surface area contributed by atoms with Crippen molar-refractivity contribution in [3.05, 3.63) is 30.5 Å². The second kappa shape index (κ2) is 4.36. The topological polar surface area (TPSA) is 75.1 Å². The Labute approximate surface area is 81.5 Å². The summed E-state index contributed by atoms with van der Waals surface area (Å²) in [6.07, 6.45) is 2.99. The fourth-order valence-electron chi connectivity index (χ4n) is 0.886. The zero-order valence-corrected chi connectivity index (χ0v) is 7.77. The van der Waals surface area contributed by atoms with Gasteiger partial charge in [0.25, 0.3) is 0 Å². The first-order chi connectivity index (χ1) is 6.65. The standard InChI is InChI=1S/C9H11N3O2/c1-3-6(2)11-8-7(9(13)14)4-5-10-12-8/h3-6H,1H2,2H3,(H,11,12)(H,13,14). The summed E-state index contributed by atoms with van der Waals surface area (Å²) >= 11 is 0. The number of rotatable bonds is 4. The fraction of sp³-hybridized carbons (Fsp3) is 0.222. The summed E-state index contributed by atoms with van der Waals surface area (Å²) < 4.78 is 0. The summed E-state index contributed by atoms with van der Waals surface area (Å²) in [6.45, 7) is 5.41. The predicted octanol–water partition coefficient (Wildman–Crippen LogP) is 1.16. The van der Waals surface area contributed by atoms with Gasteiger partial charge in [-0.1, -0.05) is 6.08 Å². The van der Waals surface area contributed by atoms with E-state index >= 15 is 0 Å². The highest BCUT2D eigenvalue weighted by Crippen LogP contribution is 2.11. The Morgan fingerprint density at radius 2 is 2.50 bits per heavy atom. The minimum absolute atomic E-state index is 0.0511. The quantitative estimate of drug-likeness (QED) is 0.702. The van der Waals surface area contributed by atoms with Gasteiger partial charge in [0.1, 0.15) is 5.56 Å². The van der Waals surface area contributed by atoms with Crippen LogP contribution in [0.3, 0.4) is 0 Å². The Balaban J connectivity index is 2.95. The van der Waals surface area contributed by atoms with Gasteiger partial charge in [0, 0.05) is 6.04 Å². The fourth-order valence-corrected chi connectivity index (χ4v) is 0.886. The van der Waals surface area contributed by atoms with Gasteiger partial charge in [0.15, 0.2) is 5.82 Å². The Hall–Kier alpha value is -1.91. The molecular weight excluding hydrogens is 182 g/mol. The van der Waals surface area contributed by atoms with E-state index in [0.717, 1.165) is 0 Å². The zero-order valence-electron chi connectivity index (χ0n) is 7.77. The smallest absolute Gasteiger partial charge is 0.339 e. The van der Waals surface area contributed by atoms with Gasteiger partial charge in [-0.15, -0.1) is 11.7 Å². The molecule has 0 spiro atoms. The lowest BCUT2D eigenvalue weighted by Crippen LogP contribution is -2.16. The number of carboxylic acid groups (broad SMARTS) is 1. The number of hydrogen-bond donors (Lipinski definition) is 2. The number of nitrogens with one attached hydrogen (secondary N) is 1. The van der Waals surface area contributed by atoms with Crippen molar-refractivity contribution in [2.75, 3.05) is 5.32 Å².